The molecule has 0 radical (unpaired) electrons. The van der Waals surface area contributed by atoms with Crippen molar-refractivity contribution in [2.75, 3.05) is 22.1 Å². The molecule has 20 heavy (non-hydrogen) atoms. The second-order valence-electron chi connectivity index (χ2n) is 3.81. The van der Waals surface area contributed by atoms with Gasteiger partial charge in [0.05, 0.1) is 22.2 Å². The number of halogens is 1. The predicted molar refractivity (Wildman–Crippen MR) is 79.3 cm³/mol. The van der Waals surface area contributed by atoms with E-state index in [1.807, 2.05) is 0 Å². The number of carbonyl (C=O) groups is 3. The first-order chi connectivity index (χ1) is 9.38. The van der Waals surface area contributed by atoms with Crippen LogP contribution in [0, 0.1) is 0 Å². The number of carboxylic acids is 1. The summed E-state index contributed by atoms with van der Waals surface area (Å²) in [4.78, 5) is 32.7. The van der Waals surface area contributed by atoms with E-state index in [1.54, 1.807) is 12.1 Å². The van der Waals surface area contributed by atoms with Crippen LogP contribution in [0.4, 0.5) is 11.4 Å². The van der Waals surface area contributed by atoms with Crippen LogP contribution >= 0.6 is 23.4 Å². The van der Waals surface area contributed by atoms with E-state index in [9.17, 15) is 14.4 Å². The lowest BCUT2D eigenvalue weighted by atomic mass is 10.2. The van der Waals surface area contributed by atoms with Crippen molar-refractivity contribution in [2.24, 2.45) is 0 Å². The van der Waals surface area contributed by atoms with Gasteiger partial charge in [0.2, 0.25) is 11.8 Å². The fourth-order valence-corrected chi connectivity index (χ4v) is 2.07. The molecular formula is C12H13ClN2O4S. The molecule has 0 saturated heterocycles. The molecule has 3 N–H and O–H groups in total. The number of nitrogens with one attached hydrogen (secondary N) is 2. The van der Waals surface area contributed by atoms with Gasteiger partial charge in [-0.05, 0) is 18.2 Å². The van der Waals surface area contributed by atoms with Crippen LogP contribution in [0.5, 0.6) is 0 Å². The van der Waals surface area contributed by atoms with Gasteiger partial charge in [-0.15, -0.1) is 11.8 Å². The number of thioether (sulfide) groups is 1. The molecule has 0 fully saturated rings. The van der Waals surface area contributed by atoms with Crippen molar-refractivity contribution in [2.45, 2.75) is 6.92 Å². The van der Waals surface area contributed by atoms with E-state index in [1.165, 1.54) is 13.0 Å². The summed E-state index contributed by atoms with van der Waals surface area (Å²) in [6.07, 6.45) is 0. The van der Waals surface area contributed by atoms with E-state index < -0.39 is 5.97 Å². The monoisotopic (exact) mass is 316 g/mol. The number of rotatable bonds is 6. The van der Waals surface area contributed by atoms with Crippen molar-refractivity contribution < 1.29 is 19.5 Å². The third-order valence-corrected chi connectivity index (χ3v) is 3.25. The smallest absolute Gasteiger partial charge is 0.313 e. The van der Waals surface area contributed by atoms with Gasteiger partial charge in [-0.1, -0.05) is 11.6 Å². The molecule has 1 rings (SSSR count). The molecule has 1 aromatic rings. The van der Waals surface area contributed by atoms with E-state index >= 15 is 0 Å². The van der Waals surface area contributed by atoms with E-state index in [0.717, 1.165) is 11.8 Å². The molecule has 6 nitrogen and oxygen atoms in total. The fourth-order valence-electron chi connectivity index (χ4n) is 1.31. The third-order valence-electron chi connectivity index (χ3n) is 2.02. The first kappa shape index (κ1) is 16.3. The highest BCUT2D eigenvalue weighted by atomic mass is 35.5. The molecule has 8 heteroatoms. The SMILES string of the molecule is CC(=O)Nc1ccc(NC(=O)CSCC(=O)O)cc1Cl. The maximum Gasteiger partial charge on any atom is 0.313 e. The molecule has 0 unspecified atom stereocenters. The zero-order valence-electron chi connectivity index (χ0n) is 10.6. The summed E-state index contributed by atoms with van der Waals surface area (Å²) in [5, 5.41) is 13.9. The first-order valence-electron chi connectivity index (χ1n) is 5.55. The molecule has 0 aliphatic rings. The highest BCUT2D eigenvalue weighted by molar-refractivity contribution is 8.00. The van der Waals surface area contributed by atoms with Gasteiger partial charge in [0.15, 0.2) is 0 Å². The van der Waals surface area contributed by atoms with Crippen molar-refractivity contribution in [1.29, 1.82) is 0 Å². The zero-order chi connectivity index (χ0) is 15.1. The molecule has 2 amide bonds. The quantitative estimate of drug-likeness (QED) is 0.746. The summed E-state index contributed by atoms with van der Waals surface area (Å²) in [5.41, 5.74) is 0.933. The molecule has 0 spiro atoms. The third kappa shape index (κ3) is 5.94. The maximum absolute atomic E-state index is 11.5. The summed E-state index contributed by atoms with van der Waals surface area (Å²) in [5.74, 6) is -1.62. The molecule has 0 heterocycles. The number of amides is 2. The standard InChI is InChI=1S/C12H13ClN2O4S/c1-7(16)14-10-3-2-8(4-9(10)13)15-11(17)5-20-6-12(18)19/h2-4H,5-6H2,1H3,(H,14,16)(H,15,17)(H,18,19). The summed E-state index contributed by atoms with van der Waals surface area (Å²) in [6.45, 7) is 1.37. The normalized spacial score (nSPS) is 9.90. The second kappa shape index (κ2) is 7.76. The summed E-state index contributed by atoms with van der Waals surface area (Å²) < 4.78 is 0. The highest BCUT2D eigenvalue weighted by Gasteiger charge is 2.07. The number of anilines is 2. The average molecular weight is 317 g/mol. The Balaban J connectivity index is 2.56. The lowest BCUT2D eigenvalue weighted by Crippen LogP contribution is -2.15. The molecule has 1 aromatic carbocycles. The minimum absolute atomic E-state index is 0.0391. The molecule has 0 aliphatic carbocycles. The Morgan fingerprint density at radius 3 is 2.50 bits per heavy atom. The topological polar surface area (TPSA) is 95.5 Å². The lowest BCUT2D eigenvalue weighted by molar-refractivity contribution is -0.133. The van der Waals surface area contributed by atoms with Crippen LogP contribution in [0.2, 0.25) is 5.02 Å². The van der Waals surface area contributed by atoms with Crippen LogP contribution in [0.3, 0.4) is 0 Å². The van der Waals surface area contributed by atoms with Crippen molar-refractivity contribution in [1.82, 2.24) is 0 Å². The molecule has 108 valence electrons. The van der Waals surface area contributed by atoms with Crippen molar-refractivity contribution in [3.8, 4) is 0 Å². The van der Waals surface area contributed by atoms with Gasteiger partial charge in [0.25, 0.3) is 0 Å². The van der Waals surface area contributed by atoms with E-state index in [0.29, 0.717) is 16.4 Å². The number of aliphatic carboxylic acids is 1. The van der Waals surface area contributed by atoms with Crippen molar-refractivity contribution >= 4 is 52.5 Å². The van der Waals surface area contributed by atoms with Gasteiger partial charge in [-0.3, -0.25) is 14.4 Å². The van der Waals surface area contributed by atoms with E-state index in [-0.39, 0.29) is 23.3 Å². The van der Waals surface area contributed by atoms with Crippen LogP contribution in [-0.2, 0) is 14.4 Å². The Bertz CT molecular complexity index is 536. The zero-order valence-corrected chi connectivity index (χ0v) is 12.2. The molecule has 0 saturated carbocycles. The van der Waals surface area contributed by atoms with Gasteiger partial charge in [-0.25, -0.2) is 0 Å². The second-order valence-corrected chi connectivity index (χ2v) is 5.20. The van der Waals surface area contributed by atoms with Crippen LogP contribution in [0.15, 0.2) is 18.2 Å². The molecule has 0 aromatic heterocycles. The Morgan fingerprint density at radius 2 is 1.95 bits per heavy atom. The number of carboxylic acid groups (broad SMARTS) is 1. The Labute approximate surface area is 124 Å². The van der Waals surface area contributed by atoms with Crippen LogP contribution in [-0.4, -0.2) is 34.4 Å². The predicted octanol–water partition coefficient (Wildman–Crippen LogP) is 2.05. The molecule has 0 aliphatic heterocycles. The largest absolute Gasteiger partial charge is 0.481 e. The fraction of sp³-hybridized carbons (Fsp3) is 0.250. The highest BCUT2D eigenvalue weighted by Crippen LogP contribution is 2.25. The van der Waals surface area contributed by atoms with Gasteiger partial charge >= 0.3 is 5.97 Å². The van der Waals surface area contributed by atoms with E-state index in [4.69, 9.17) is 16.7 Å². The number of hydrogen-bond donors (Lipinski definition) is 3. The van der Waals surface area contributed by atoms with Gasteiger partial charge in [0.1, 0.15) is 0 Å². The Hall–Kier alpha value is -1.73. The van der Waals surface area contributed by atoms with E-state index in [2.05, 4.69) is 10.6 Å². The van der Waals surface area contributed by atoms with Crippen LogP contribution in [0.25, 0.3) is 0 Å². The average Bonchev–Trinajstić information content (AvgIpc) is 2.31. The number of benzene rings is 1. The molecule has 0 atom stereocenters. The minimum Gasteiger partial charge on any atom is -0.481 e. The van der Waals surface area contributed by atoms with Crippen molar-refractivity contribution in [3.63, 3.8) is 0 Å². The molecule has 0 bridgehead atoms. The number of carbonyl (C=O) groups excluding carboxylic acids is 2. The Kier molecular flexibility index (Phi) is 6.33. The molecular weight excluding hydrogens is 304 g/mol. The van der Waals surface area contributed by atoms with Crippen molar-refractivity contribution in [3.05, 3.63) is 23.2 Å². The van der Waals surface area contributed by atoms with Crippen LogP contribution < -0.4 is 10.6 Å². The van der Waals surface area contributed by atoms with Gasteiger partial charge < -0.3 is 15.7 Å². The van der Waals surface area contributed by atoms with Gasteiger partial charge in [0, 0.05) is 12.6 Å². The summed E-state index contributed by atoms with van der Waals surface area (Å²) in [6, 6.07) is 4.67. The summed E-state index contributed by atoms with van der Waals surface area (Å²) in [7, 11) is 0. The maximum atomic E-state index is 11.5. The lowest BCUT2D eigenvalue weighted by Gasteiger charge is -2.08. The first-order valence-corrected chi connectivity index (χ1v) is 7.08. The summed E-state index contributed by atoms with van der Waals surface area (Å²) >= 11 is 6.96. The van der Waals surface area contributed by atoms with Crippen LogP contribution in [0.1, 0.15) is 6.92 Å². The van der Waals surface area contributed by atoms with Gasteiger partial charge in [-0.2, -0.15) is 0 Å². The Morgan fingerprint density at radius 1 is 1.25 bits per heavy atom. The minimum atomic E-state index is -0.967. The number of hydrogen-bond acceptors (Lipinski definition) is 4.